The molecule has 0 aliphatic heterocycles. The SMILES string of the molecule is Cc1ccc([N+](=O)[O-])c(OCc2ccccc2C)c1. The second-order valence-corrected chi connectivity index (χ2v) is 4.44. The van der Waals surface area contributed by atoms with Crippen LogP contribution in [0.25, 0.3) is 0 Å². The highest BCUT2D eigenvalue weighted by atomic mass is 16.6. The van der Waals surface area contributed by atoms with Gasteiger partial charge in [-0.15, -0.1) is 0 Å². The van der Waals surface area contributed by atoms with Crippen LogP contribution < -0.4 is 4.74 Å². The number of nitro groups is 1. The molecule has 4 heteroatoms. The molecule has 0 heterocycles. The van der Waals surface area contributed by atoms with Gasteiger partial charge in [0.2, 0.25) is 0 Å². The van der Waals surface area contributed by atoms with Crippen molar-refractivity contribution in [3.63, 3.8) is 0 Å². The Kier molecular flexibility index (Phi) is 3.80. The average molecular weight is 257 g/mol. The minimum Gasteiger partial charge on any atom is -0.482 e. The first-order chi connectivity index (χ1) is 9.08. The molecule has 0 aromatic heterocycles. The van der Waals surface area contributed by atoms with Crippen LogP contribution in [0, 0.1) is 24.0 Å². The summed E-state index contributed by atoms with van der Waals surface area (Å²) in [6.07, 6.45) is 0. The molecule has 4 nitrogen and oxygen atoms in total. The number of aryl methyl sites for hydroxylation is 2. The fourth-order valence-corrected chi connectivity index (χ4v) is 1.82. The molecule has 0 bridgehead atoms. The normalized spacial score (nSPS) is 10.2. The van der Waals surface area contributed by atoms with Crippen LogP contribution in [0.1, 0.15) is 16.7 Å². The van der Waals surface area contributed by atoms with Gasteiger partial charge in [-0.1, -0.05) is 30.3 Å². The molecule has 98 valence electrons. The van der Waals surface area contributed by atoms with E-state index in [9.17, 15) is 10.1 Å². The number of benzene rings is 2. The van der Waals surface area contributed by atoms with Crippen molar-refractivity contribution in [2.24, 2.45) is 0 Å². The minimum absolute atomic E-state index is 0.000755. The van der Waals surface area contributed by atoms with Crippen LogP contribution in [0.3, 0.4) is 0 Å². The first kappa shape index (κ1) is 13.1. The van der Waals surface area contributed by atoms with Gasteiger partial charge in [0.25, 0.3) is 0 Å². The third kappa shape index (κ3) is 3.10. The van der Waals surface area contributed by atoms with Gasteiger partial charge >= 0.3 is 5.69 Å². The molecule has 2 aromatic rings. The Morgan fingerprint density at radius 1 is 1.16 bits per heavy atom. The maximum absolute atomic E-state index is 10.9. The molecule has 0 saturated heterocycles. The molecule has 2 rings (SSSR count). The van der Waals surface area contributed by atoms with Crippen molar-refractivity contribution in [1.29, 1.82) is 0 Å². The van der Waals surface area contributed by atoms with E-state index in [4.69, 9.17) is 4.74 Å². The van der Waals surface area contributed by atoms with Crippen LogP contribution >= 0.6 is 0 Å². The quantitative estimate of drug-likeness (QED) is 0.618. The first-order valence-corrected chi connectivity index (χ1v) is 6.00. The Hall–Kier alpha value is -2.36. The molecule has 0 radical (unpaired) electrons. The van der Waals surface area contributed by atoms with Crippen LogP contribution in [0.4, 0.5) is 5.69 Å². The summed E-state index contributed by atoms with van der Waals surface area (Å²) in [5.41, 5.74) is 3.07. The Bertz CT molecular complexity index is 608. The van der Waals surface area contributed by atoms with Gasteiger partial charge in [0.05, 0.1) is 4.92 Å². The fourth-order valence-electron chi connectivity index (χ4n) is 1.82. The monoisotopic (exact) mass is 257 g/mol. The van der Waals surface area contributed by atoms with Crippen molar-refractivity contribution in [1.82, 2.24) is 0 Å². The van der Waals surface area contributed by atoms with Crippen molar-refractivity contribution in [2.75, 3.05) is 0 Å². The molecule has 0 atom stereocenters. The Morgan fingerprint density at radius 3 is 2.58 bits per heavy atom. The number of hydrogen-bond acceptors (Lipinski definition) is 3. The molecule has 0 aliphatic carbocycles. The molecule has 0 fully saturated rings. The number of nitrogens with zero attached hydrogens (tertiary/aromatic N) is 1. The molecular weight excluding hydrogens is 242 g/mol. The summed E-state index contributed by atoms with van der Waals surface area (Å²) >= 11 is 0. The van der Waals surface area contributed by atoms with Crippen molar-refractivity contribution in [3.8, 4) is 5.75 Å². The van der Waals surface area contributed by atoms with Gasteiger partial charge < -0.3 is 4.74 Å². The maximum Gasteiger partial charge on any atom is 0.310 e. The van der Waals surface area contributed by atoms with Crippen LogP contribution in [-0.2, 0) is 6.61 Å². The minimum atomic E-state index is -0.424. The lowest BCUT2D eigenvalue weighted by molar-refractivity contribution is -0.386. The average Bonchev–Trinajstić information content (AvgIpc) is 2.37. The van der Waals surface area contributed by atoms with E-state index in [1.807, 2.05) is 38.1 Å². The zero-order valence-electron chi connectivity index (χ0n) is 10.9. The number of nitro benzene ring substituents is 1. The zero-order valence-corrected chi connectivity index (χ0v) is 10.9. The molecule has 0 N–H and O–H groups in total. The van der Waals surface area contributed by atoms with E-state index in [1.54, 1.807) is 12.1 Å². The predicted octanol–water partition coefficient (Wildman–Crippen LogP) is 3.79. The van der Waals surface area contributed by atoms with E-state index in [2.05, 4.69) is 0 Å². The molecule has 19 heavy (non-hydrogen) atoms. The largest absolute Gasteiger partial charge is 0.482 e. The maximum atomic E-state index is 10.9. The molecule has 0 aliphatic rings. The highest BCUT2D eigenvalue weighted by Crippen LogP contribution is 2.28. The standard InChI is InChI=1S/C15H15NO3/c1-11-7-8-14(16(17)18)15(9-11)19-10-13-6-4-3-5-12(13)2/h3-9H,10H2,1-2H3. The predicted molar refractivity (Wildman–Crippen MR) is 73.3 cm³/mol. The fraction of sp³-hybridized carbons (Fsp3) is 0.200. The summed E-state index contributed by atoms with van der Waals surface area (Å²) in [4.78, 5) is 10.5. The summed E-state index contributed by atoms with van der Waals surface area (Å²) < 4.78 is 5.60. The van der Waals surface area contributed by atoms with Crippen LogP contribution in [0.15, 0.2) is 42.5 Å². The smallest absolute Gasteiger partial charge is 0.310 e. The van der Waals surface area contributed by atoms with Gasteiger partial charge in [0.15, 0.2) is 5.75 Å². The van der Waals surface area contributed by atoms with Crippen LogP contribution in [-0.4, -0.2) is 4.92 Å². The Balaban J connectivity index is 2.22. The van der Waals surface area contributed by atoms with Crippen molar-refractivity contribution in [3.05, 3.63) is 69.3 Å². The zero-order chi connectivity index (χ0) is 13.8. The molecule has 0 saturated carbocycles. The van der Waals surface area contributed by atoms with Crippen molar-refractivity contribution < 1.29 is 9.66 Å². The second kappa shape index (κ2) is 5.52. The van der Waals surface area contributed by atoms with E-state index in [0.29, 0.717) is 12.4 Å². The Labute approximate surface area is 111 Å². The molecule has 0 spiro atoms. The van der Waals surface area contributed by atoms with Gasteiger partial charge in [-0.3, -0.25) is 10.1 Å². The third-order valence-electron chi connectivity index (χ3n) is 2.96. The molecule has 0 amide bonds. The summed E-state index contributed by atoms with van der Waals surface area (Å²) in [5.74, 6) is 0.313. The van der Waals surface area contributed by atoms with E-state index < -0.39 is 4.92 Å². The summed E-state index contributed by atoms with van der Waals surface area (Å²) in [7, 11) is 0. The van der Waals surface area contributed by atoms with E-state index in [1.165, 1.54) is 6.07 Å². The van der Waals surface area contributed by atoms with Gasteiger partial charge in [-0.2, -0.15) is 0 Å². The summed E-state index contributed by atoms with van der Waals surface area (Å²) in [6, 6.07) is 12.7. The topological polar surface area (TPSA) is 52.4 Å². The summed E-state index contributed by atoms with van der Waals surface area (Å²) in [6.45, 7) is 4.20. The van der Waals surface area contributed by atoms with Gasteiger partial charge in [0, 0.05) is 6.07 Å². The van der Waals surface area contributed by atoms with Gasteiger partial charge in [-0.25, -0.2) is 0 Å². The first-order valence-electron chi connectivity index (χ1n) is 6.00. The summed E-state index contributed by atoms with van der Waals surface area (Å²) in [5, 5.41) is 10.9. The number of ether oxygens (including phenoxy) is 1. The van der Waals surface area contributed by atoms with Gasteiger partial charge in [-0.05, 0) is 36.6 Å². The number of hydrogen-bond donors (Lipinski definition) is 0. The van der Waals surface area contributed by atoms with Crippen molar-refractivity contribution in [2.45, 2.75) is 20.5 Å². The lowest BCUT2D eigenvalue weighted by atomic mass is 10.1. The van der Waals surface area contributed by atoms with E-state index >= 15 is 0 Å². The molecule has 2 aromatic carbocycles. The Morgan fingerprint density at radius 2 is 1.89 bits per heavy atom. The lowest BCUT2D eigenvalue weighted by Crippen LogP contribution is -2.00. The van der Waals surface area contributed by atoms with Crippen LogP contribution in [0.5, 0.6) is 5.75 Å². The van der Waals surface area contributed by atoms with Gasteiger partial charge in [0.1, 0.15) is 6.61 Å². The van der Waals surface area contributed by atoms with Crippen LogP contribution in [0.2, 0.25) is 0 Å². The molecule has 0 unspecified atom stereocenters. The van der Waals surface area contributed by atoms with Crippen molar-refractivity contribution >= 4 is 5.69 Å². The third-order valence-corrected chi connectivity index (χ3v) is 2.96. The highest BCUT2D eigenvalue weighted by molar-refractivity contribution is 5.48. The second-order valence-electron chi connectivity index (χ2n) is 4.44. The molecular formula is C15H15NO3. The highest BCUT2D eigenvalue weighted by Gasteiger charge is 2.15. The van der Waals surface area contributed by atoms with E-state index in [0.717, 1.165) is 16.7 Å². The number of rotatable bonds is 4. The lowest BCUT2D eigenvalue weighted by Gasteiger charge is -2.09. The van der Waals surface area contributed by atoms with E-state index in [-0.39, 0.29) is 5.69 Å².